The smallest absolute Gasteiger partial charge is 0.251 e. The van der Waals surface area contributed by atoms with Crippen LogP contribution in [0, 0.1) is 12.3 Å². The summed E-state index contributed by atoms with van der Waals surface area (Å²) in [6, 6.07) is 8.67. The zero-order chi connectivity index (χ0) is 19.1. The van der Waals surface area contributed by atoms with Crippen molar-refractivity contribution in [3.8, 4) is 0 Å². The molecule has 26 heavy (non-hydrogen) atoms. The molecule has 1 atom stereocenters. The highest BCUT2D eigenvalue weighted by Gasteiger charge is 2.35. The number of hydrogen-bond donors (Lipinski definition) is 1. The molecule has 1 heterocycles. The van der Waals surface area contributed by atoms with Gasteiger partial charge in [-0.1, -0.05) is 26.0 Å². The molecule has 1 N–H and O–H groups in total. The molecule has 0 saturated carbocycles. The lowest BCUT2D eigenvalue weighted by Gasteiger charge is -2.34. The van der Waals surface area contributed by atoms with Crippen LogP contribution in [0.15, 0.2) is 34.7 Å². The third-order valence-electron chi connectivity index (χ3n) is 4.66. The zero-order valence-electron chi connectivity index (χ0n) is 15.6. The van der Waals surface area contributed by atoms with Gasteiger partial charge in [0.2, 0.25) is 0 Å². The summed E-state index contributed by atoms with van der Waals surface area (Å²) < 4.78 is 28.8. The van der Waals surface area contributed by atoms with Crippen molar-refractivity contribution in [2.24, 2.45) is 5.41 Å². The van der Waals surface area contributed by atoms with Crippen molar-refractivity contribution in [2.45, 2.75) is 45.4 Å². The molecule has 1 aromatic heterocycles. The van der Waals surface area contributed by atoms with Gasteiger partial charge in [-0.3, -0.25) is 4.79 Å². The first kappa shape index (κ1) is 18.7. The van der Waals surface area contributed by atoms with Crippen LogP contribution in [0.1, 0.15) is 59.3 Å². The maximum Gasteiger partial charge on any atom is 0.251 e. The fourth-order valence-corrected chi connectivity index (χ4v) is 4.45. The van der Waals surface area contributed by atoms with E-state index in [0.29, 0.717) is 11.1 Å². The molecule has 1 unspecified atom stereocenters. The standard InChI is InChI=1S/C20H25NO4S/c1-13-8-16-17(10-20(2,3)11-18(16)25-13)21-19(22)15-7-5-6-14(9-15)12-26(4,23)24/h5-9,17H,10-12H2,1-4H3,(H,21,22). The van der Waals surface area contributed by atoms with Crippen molar-refractivity contribution in [3.05, 3.63) is 58.5 Å². The van der Waals surface area contributed by atoms with Gasteiger partial charge in [0.1, 0.15) is 11.5 Å². The average molecular weight is 375 g/mol. The second-order valence-corrected chi connectivity index (χ2v) is 10.2. The molecule has 1 aliphatic rings. The first-order valence-electron chi connectivity index (χ1n) is 8.69. The first-order valence-corrected chi connectivity index (χ1v) is 10.8. The molecule has 1 aromatic carbocycles. The predicted octanol–water partition coefficient (Wildman–Crippen LogP) is 3.58. The van der Waals surface area contributed by atoms with E-state index in [1.54, 1.807) is 24.3 Å². The van der Waals surface area contributed by atoms with Crippen molar-refractivity contribution in [1.82, 2.24) is 5.32 Å². The third-order valence-corrected chi connectivity index (χ3v) is 5.52. The van der Waals surface area contributed by atoms with E-state index in [1.165, 1.54) is 6.26 Å². The van der Waals surface area contributed by atoms with E-state index in [1.807, 2.05) is 13.0 Å². The summed E-state index contributed by atoms with van der Waals surface area (Å²) in [7, 11) is -3.14. The normalized spacial score (nSPS) is 19.0. The summed E-state index contributed by atoms with van der Waals surface area (Å²) in [5, 5.41) is 3.10. The number of nitrogens with one attached hydrogen (secondary N) is 1. The fraction of sp³-hybridized carbons (Fsp3) is 0.450. The topological polar surface area (TPSA) is 76.4 Å². The minimum atomic E-state index is -3.14. The lowest BCUT2D eigenvalue weighted by Crippen LogP contribution is -2.36. The van der Waals surface area contributed by atoms with Gasteiger partial charge in [-0.05, 0) is 42.5 Å². The second kappa shape index (κ2) is 6.58. The Hall–Kier alpha value is -2.08. The van der Waals surface area contributed by atoms with Gasteiger partial charge in [0.15, 0.2) is 9.84 Å². The maximum atomic E-state index is 12.8. The van der Waals surface area contributed by atoms with Crippen LogP contribution < -0.4 is 5.32 Å². The predicted molar refractivity (Wildman–Crippen MR) is 101 cm³/mol. The first-order chi connectivity index (χ1) is 12.0. The molecule has 140 valence electrons. The van der Waals surface area contributed by atoms with Crippen molar-refractivity contribution in [2.75, 3.05) is 6.26 Å². The highest BCUT2D eigenvalue weighted by molar-refractivity contribution is 7.89. The molecule has 0 aliphatic heterocycles. The monoisotopic (exact) mass is 375 g/mol. The van der Waals surface area contributed by atoms with Gasteiger partial charge in [-0.2, -0.15) is 0 Å². The summed E-state index contributed by atoms with van der Waals surface area (Å²) in [6.07, 6.45) is 2.87. The molecular weight excluding hydrogens is 350 g/mol. The molecule has 0 saturated heterocycles. The van der Waals surface area contributed by atoms with Crippen LogP contribution in [0.4, 0.5) is 0 Å². The lowest BCUT2D eigenvalue weighted by atomic mass is 9.74. The number of carbonyl (C=O) groups excluding carboxylic acids is 1. The molecule has 5 nitrogen and oxygen atoms in total. The molecule has 3 rings (SSSR count). The lowest BCUT2D eigenvalue weighted by molar-refractivity contribution is 0.0917. The van der Waals surface area contributed by atoms with E-state index >= 15 is 0 Å². The number of rotatable bonds is 4. The Labute approximate surface area is 154 Å². The highest BCUT2D eigenvalue weighted by Crippen LogP contribution is 2.42. The molecule has 0 spiro atoms. The Bertz CT molecular complexity index is 940. The van der Waals surface area contributed by atoms with Crippen LogP contribution in [-0.2, 0) is 22.0 Å². The van der Waals surface area contributed by atoms with Gasteiger partial charge in [0.05, 0.1) is 11.8 Å². The van der Waals surface area contributed by atoms with Crippen molar-refractivity contribution >= 4 is 15.7 Å². The molecule has 6 heteroatoms. The van der Waals surface area contributed by atoms with Gasteiger partial charge in [-0.25, -0.2) is 8.42 Å². The largest absolute Gasteiger partial charge is 0.466 e. The van der Waals surface area contributed by atoms with E-state index in [2.05, 4.69) is 19.2 Å². The van der Waals surface area contributed by atoms with Crippen LogP contribution in [-0.4, -0.2) is 20.6 Å². The Kier molecular flexibility index (Phi) is 4.73. The number of furan rings is 1. The number of aryl methyl sites for hydroxylation is 1. The summed E-state index contributed by atoms with van der Waals surface area (Å²) in [5.41, 5.74) is 2.16. The van der Waals surface area contributed by atoms with E-state index in [4.69, 9.17) is 4.42 Å². The number of hydrogen-bond acceptors (Lipinski definition) is 4. The number of fused-ring (bicyclic) bond motifs is 1. The number of amides is 1. The van der Waals surface area contributed by atoms with Gasteiger partial charge >= 0.3 is 0 Å². The van der Waals surface area contributed by atoms with Crippen LogP contribution in [0.5, 0.6) is 0 Å². The third kappa shape index (κ3) is 4.36. The van der Waals surface area contributed by atoms with E-state index in [9.17, 15) is 13.2 Å². The molecule has 0 radical (unpaired) electrons. The van der Waals surface area contributed by atoms with Crippen LogP contribution >= 0.6 is 0 Å². The van der Waals surface area contributed by atoms with Gasteiger partial charge in [-0.15, -0.1) is 0 Å². The maximum absolute atomic E-state index is 12.8. The van der Waals surface area contributed by atoms with E-state index in [0.717, 1.165) is 29.9 Å². The molecule has 2 aromatic rings. The average Bonchev–Trinajstić information content (AvgIpc) is 2.84. The Morgan fingerprint density at radius 1 is 1.31 bits per heavy atom. The second-order valence-electron chi connectivity index (χ2n) is 8.08. The molecule has 1 aliphatic carbocycles. The van der Waals surface area contributed by atoms with Crippen LogP contribution in [0.25, 0.3) is 0 Å². The van der Waals surface area contributed by atoms with Crippen molar-refractivity contribution < 1.29 is 17.6 Å². The van der Waals surface area contributed by atoms with Crippen molar-refractivity contribution in [1.29, 1.82) is 0 Å². The van der Waals surface area contributed by atoms with Crippen LogP contribution in [0.3, 0.4) is 0 Å². The summed E-state index contributed by atoms with van der Waals surface area (Å²) in [4.78, 5) is 12.8. The zero-order valence-corrected chi connectivity index (χ0v) is 16.4. The molecular formula is C20H25NO4S. The van der Waals surface area contributed by atoms with Crippen LogP contribution in [0.2, 0.25) is 0 Å². The minimum Gasteiger partial charge on any atom is -0.466 e. The molecule has 0 fully saturated rings. The minimum absolute atomic E-state index is 0.0351. The SMILES string of the molecule is Cc1cc2c(o1)CC(C)(C)CC2NC(=O)c1cccc(CS(C)(=O)=O)c1. The summed E-state index contributed by atoms with van der Waals surface area (Å²) in [5.74, 6) is 1.51. The summed E-state index contributed by atoms with van der Waals surface area (Å²) in [6.45, 7) is 6.25. The van der Waals surface area contributed by atoms with E-state index < -0.39 is 9.84 Å². The van der Waals surface area contributed by atoms with Gasteiger partial charge in [0.25, 0.3) is 5.91 Å². The quantitative estimate of drug-likeness (QED) is 0.886. The van der Waals surface area contributed by atoms with E-state index in [-0.39, 0.29) is 23.1 Å². The van der Waals surface area contributed by atoms with Gasteiger partial charge < -0.3 is 9.73 Å². The number of benzene rings is 1. The Morgan fingerprint density at radius 3 is 2.73 bits per heavy atom. The molecule has 1 amide bonds. The Balaban J connectivity index is 1.83. The molecule has 0 bridgehead atoms. The van der Waals surface area contributed by atoms with Gasteiger partial charge in [0, 0.05) is 23.8 Å². The number of sulfone groups is 1. The Morgan fingerprint density at radius 2 is 2.04 bits per heavy atom. The summed E-state index contributed by atoms with van der Waals surface area (Å²) >= 11 is 0. The highest BCUT2D eigenvalue weighted by atomic mass is 32.2. The number of carbonyl (C=O) groups is 1. The van der Waals surface area contributed by atoms with Crippen molar-refractivity contribution in [3.63, 3.8) is 0 Å². The fourth-order valence-electron chi connectivity index (χ4n) is 3.66.